The largest absolute Gasteiger partial charge is 0.433 e. The average Bonchev–Trinajstić information content (AvgIpc) is 2.45. The van der Waals surface area contributed by atoms with Gasteiger partial charge in [-0.25, -0.2) is 4.98 Å². The van der Waals surface area contributed by atoms with Crippen molar-refractivity contribution in [2.24, 2.45) is 0 Å². The summed E-state index contributed by atoms with van der Waals surface area (Å²) in [6, 6.07) is 6.39. The van der Waals surface area contributed by atoms with E-state index in [4.69, 9.17) is 5.73 Å². The summed E-state index contributed by atoms with van der Waals surface area (Å²) >= 11 is 0. The molecule has 21 heavy (non-hydrogen) atoms. The van der Waals surface area contributed by atoms with Crippen molar-refractivity contribution in [2.45, 2.75) is 19.6 Å². The fourth-order valence-corrected chi connectivity index (χ4v) is 1.94. The van der Waals surface area contributed by atoms with Crippen LogP contribution in [0.4, 0.5) is 24.5 Å². The highest BCUT2D eigenvalue weighted by Gasteiger charge is 2.33. The van der Waals surface area contributed by atoms with Crippen LogP contribution in [-0.4, -0.2) is 16.5 Å². The molecule has 2 heterocycles. The van der Waals surface area contributed by atoms with E-state index in [-0.39, 0.29) is 5.69 Å². The molecular weight excluding hydrogens is 281 g/mol. The van der Waals surface area contributed by atoms with Crippen LogP contribution in [0.5, 0.6) is 0 Å². The minimum atomic E-state index is -4.49. The summed E-state index contributed by atoms with van der Waals surface area (Å²) in [4.78, 5) is 9.24. The van der Waals surface area contributed by atoms with E-state index in [9.17, 15) is 13.2 Å². The molecule has 0 atom stereocenters. The standard InChI is InChI=1S/C14H15F3N4/c1-2-21(9-10-5-3-4-6-19-10)12-7-13(14(15,16)17)20-8-11(12)18/h3-8H,2,9,18H2,1H3. The number of nitrogens with two attached hydrogens (primary N) is 1. The van der Waals surface area contributed by atoms with Gasteiger partial charge in [0.15, 0.2) is 0 Å². The number of anilines is 2. The molecule has 0 bridgehead atoms. The number of hydrogen-bond acceptors (Lipinski definition) is 4. The van der Waals surface area contributed by atoms with Crippen LogP contribution in [-0.2, 0) is 12.7 Å². The van der Waals surface area contributed by atoms with Gasteiger partial charge in [-0.05, 0) is 25.1 Å². The molecule has 0 spiro atoms. The summed E-state index contributed by atoms with van der Waals surface area (Å²) in [5, 5.41) is 0. The maximum atomic E-state index is 12.8. The second kappa shape index (κ2) is 5.99. The van der Waals surface area contributed by atoms with Crippen molar-refractivity contribution in [2.75, 3.05) is 17.2 Å². The Labute approximate surface area is 120 Å². The van der Waals surface area contributed by atoms with Gasteiger partial charge in [-0.2, -0.15) is 13.2 Å². The van der Waals surface area contributed by atoms with Crippen molar-refractivity contribution in [3.63, 3.8) is 0 Å². The molecule has 2 aromatic rings. The summed E-state index contributed by atoms with van der Waals surface area (Å²) in [7, 11) is 0. The highest BCUT2D eigenvalue weighted by atomic mass is 19.4. The number of alkyl halides is 3. The van der Waals surface area contributed by atoms with Crippen LogP contribution < -0.4 is 10.6 Å². The Morgan fingerprint density at radius 1 is 1.24 bits per heavy atom. The Bertz CT molecular complexity index is 599. The van der Waals surface area contributed by atoms with E-state index in [0.29, 0.717) is 18.8 Å². The highest BCUT2D eigenvalue weighted by molar-refractivity contribution is 5.67. The van der Waals surface area contributed by atoms with Gasteiger partial charge in [0, 0.05) is 12.7 Å². The van der Waals surface area contributed by atoms with Gasteiger partial charge < -0.3 is 10.6 Å². The molecule has 0 aromatic carbocycles. The summed E-state index contributed by atoms with van der Waals surface area (Å²) in [6.45, 7) is 2.72. The Kier molecular flexibility index (Phi) is 4.30. The van der Waals surface area contributed by atoms with Crippen LogP contribution in [0.2, 0.25) is 0 Å². The first-order chi connectivity index (χ1) is 9.91. The Morgan fingerprint density at radius 3 is 2.57 bits per heavy atom. The molecule has 0 saturated carbocycles. The molecule has 0 radical (unpaired) electrons. The van der Waals surface area contributed by atoms with Crippen LogP contribution in [0.3, 0.4) is 0 Å². The third-order valence-electron chi connectivity index (χ3n) is 3.00. The van der Waals surface area contributed by atoms with E-state index in [1.54, 1.807) is 17.2 Å². The summed E-state index contributed by atoms with van der Waals surface area (Å²) in [5.41, 5.74) is 6.09. The molecule has 0 aliphatic carbocycles. The smallest absolute Gasteiger partial charge is 0.396 e. The zero-order chi connectivity index (χ0) is 15.5. The van der Waals surface area contributed by atoms with E-state index < -0.39 is 11.9 Å². The van der Waals surface area contributed by atoms with Gasteiger partial charge in [-0.3, -0.25) is 4.98 Å². The van der Waals surface area contributed by atoms with Gasteiger partial charge >= 0.3 is 6.18 Å². The van der Waals surface area contributed by atoms with Crippen molar-refractivity contribution in [3.8, 4) is 0 Å². The Balaban J connectivity index is 2.33. The Morgan fingerprint density at radius 2 is 2.00 bits per heavy atom. The SMILES string of the molecule is CCN(Cc1ccccn1)c1cc(C(F)(F)F)ncc1N. The van der Waals surface area contributed by atoms with E-state index in [1.807, 2.05) is 19.1 Å². The van der Waals surface area contributed by atoms with Crippen LogP contribution in [0.25, 0.3) is 0 Å². The first kappa shape index (κ1) is 15.1. The first-order valence-electron chi connectivity index (χ1n) is 6.39. The van der Waals surface area contributed by atoms with Crippen molar-refractivity contribution < 1.29 is 13.2 Å². The lowest BCUT2D eigenvalue weighted by molar-refractivity contribution is -0.141. The fraction of sp³-hybridized carbons (Fsp3) is 0.286. The first-order valence-corrected chi connectivity index (χ1v) is 6.39. The van der Waals surface area contributed by atoms with Crippen molar-refractivity contribution in [1.82, 2.24) is 9.97 Å². The van der Waals surface area contributed by atoms with Gasteiger partial charge in [0.25, 0.3) is 0 Å². The molecule has 0 unspecified atom stereocenters. The van der Waals surface area contributed by atoms with E-state index in [2.05, 4.69) is 9.97 Å². The number of halogens is 3. The van der Waals surface area contributed by atoms with Gasteiger partial charge in [-0.1, -0.05) is 6.07 Å². The molecular formula is C14H15F3N4. The molecule has 4 nitrogen and oxygen atoms in total. The average molecular weight is 296 g/mol. The maximum Gasteiger partial charge on any atom is 0.433 e. The molecule has 7 heteroatoms. The second-order valence-electron chi connectivity index (χ2n) is 4.46. The number of hydrogen-bond donors (Lipinski definition) is 1. The van der Waals surface area contributed by atoms with Crippen molar-refractivity contribution >= 4 is 11.4 Å². The van der Waals surface area contributed by atoms with Gasteiger partial charge in [-0.15, -0.1) is 0 Å². The predicted molar refractivity (Wildman–Crippen MR) is 74.6 cm³/mol. The quantitative estimate of drug-likeness (QED) is 0.942. The van der Waals surface area contributed by atoms with E-state index in [0.717, 1.165) is 18.0 Å². The number of pyridine rings is 2. The van der Waals surface area contributed by atoms with Crippen LogP contribution in [0, 0.1) is 0 Å². The third-order valence-corrected chi connectivity index (χ3v) is 3.00. The van der Waals surface area contributed by atoms with Gasteiger partial charge in [0.05, 0.1) is 29.8 Å². The topological polar surface area (TPSA) is 55.0 Å². The lowest BCUT2D eigenvalue weighted by Gasteiger charge is -2.24. The van der Waals surface area contributed by atoms with Crippen LogP contribution in [0.15, 0.2) is 36.7 Å². The van der Waals surface area contributed by atoms with Crippen molar-refractivity contribution in [3.05, 3.63) is 48.0 Å². The van der Waals surface area contributed by atoms with Gasteiger partial charge in [0.2, 0.25) is 0 Å². The van der Waals surface area contributed by atoms with Crippen LogP contribution in [0.1, 0.15) is 18.3 Å². The molecule has 0 aliphatic heterocycles. The minimum absolute atomic E-state index is 0.209. The zero-order valence-electron chi connectivity index (χ0n) is 11.4. The third kappa shape index (κ3) is 3.62. The monoisotopic (exact) mass is 296 g/mol. The summed E-state index contributed by atoms with van der Waals surface area (Å²) in [6.07, 6.45) is -1.81. The molecule has 2 aromatic heterocycles. The predicted octanol–water partition coefficient (Wildman–Crippen LogP) is 3.10. The number of aromatic nitrogens is 2. The summed E-state index contributed by atoms with van der Waals surface area (Å²) in [5.74, 6) is 0. The van der Waals surface area contributed by atoms with Crippen molar-refractivity contribution in [1.29, 1.82) is 0 Å². The number of nitrogen functional groups attached to an aromatic ring is 1. The lowest BCUT2D eigenvalue weighted by atomic mass is 10.2. The maximum absolute atomic E-state index is 12.8. The number of nitrogens with zero attached hydrogens (tertiary/aromatic N) is 3. The minimum Gasteiger partial charge on any atom is -0.396 e. The normalized spacial score (nSPS) is 11.4. The Hall–Kier alpha value is -2.31. The molecule has 2 rings (SSSR count). The zero-order valence-corrected chi connectivity index (χ0v) is 11.4. The molecule has 112 valence electrons. The molecule has 0 saturated heterocycles. The molecule has 0 fully saturated rings. The van der Waals surface area contributed by atoms with Gasteiger partial charge in [0.1, 0.15) is 5.69 Å². The number of rotatable bonds is 4. The van der Waals surface area contributed by atoms with E-state index >= 15 is 0 Å². The highest BCUT2D eigenvalue weighted by Crippen LogP contribution is 2.33. The summed E-state index contributed by atoms with van der Waals surface area (Å²) < 4.78 is 38.3. The lowest BCUT2D eigenvalue weighted by Crippen LogP contribution is -2.24. The molecule has 0 aliphatic rings. The second-order valence-corrected chi connectivity index (χ2v) is 4.46. The fourth-order valence-electron chi connectivity index (χ4n) is 1.94. The molecule has 0 amide bonds. The molecule has 2 N–H and O–H groups in total. The van der Waals surface area contributed by atoms with E-state index in [1.165, 1.54) is 0 Å². The van der Waals surface area contributed by atoms with Crippen LogP contribution >= 0.6 is 0 Å².